The summed E-state index contributed by atoms with van der Waals surface area (Å²) in [5.41, 5.74) is 25.2. The molecule has 0 aliphatic heterocycles. The highest BCUT2D eigenvalue weighted by Gasteiger charge is 2.05. The summed E-state index contributed by atoms with van der Waals surface area (Å²) in [6.45, 7) is 0. The lowest BCUT2D eigenvalue weighted by Gasteiger charge is -2.00. The number of hydrogen-bond donors (Lipinski definition) is 4. The van der Waals surface area contributed by atoms with Gasteiger partial charge in [0, 0.05) is 9.75 Å². The quantitative estimate of drug-likeness (QED) is 0.376. The van der Waals surface area contributed by atoms with Gasteiger partial charge in [0.15, 0.2) is 11.9 Å². The molecule has 27 heavy (non-hydrogen) atoms. The fourth-order valence-electron chi connectivity index (χ4n) is 2.35. The third-order valence-corrected chi connectivity index (χ3v) is 4.61. The topological polar surface area (TPSA) is 129 Å². The van der Waals surface area contributed by atoms with Crippen molar-refractivity contribution in [2.75, 3.05) is 0 Å². The summed E-state index contributed by atoms with van der Waals surface area (Å²) in [6.07, 6.45) is 0. The van der Waals surface area contributed by atoms with Crippen LogP contribution in [0.5, 0.6) is 0 Å². The Kier molecular flexibility index (Phi) is 8.11. The van der Waals surface area contributed by atoms with Gasteiger partial charge in [-0.3, -0.25) is 0 Å². The first-order chi connectivity index (χ1) is 12.0. The van der Waals surface area contributed by atoms with Crippen molar-refractivity contribution in [1.82, 2.24) is 0 Å². The predicted octanol–water partition coefficient (Wildman–Crippen LogP) is 3.74. The van der Waals surface area contributed by atoms with Gasteiger partial charge in [-0.05, 0) is 47.5 Å². The van der Waals surface area contributed by atoms with Crippen LogP contribution in [0.15, 0.2) is 70.6 Å². The summed E-state index contributed by atoms with van der Waals surface area (Å²) >= 11 is 1.71. The molecule has 1 aromatic heterocycles. The number of aliphatic imine (C=N–C) groups is 2. The highest BCUT2D eigenvalue weighted by atomic mass is 35.5. The smallest absolute Gasteiger partial charge is 0.191 e. The minimum atomic E-state index is 0. The van der Waals surface area contributed by atoms with E-state index in [1.807, 2.05) is 48.5 Å². The third-order valence-electron chi connectivity index (χ3n) is 3.43. The van der Waals surface area contributed by atoms with E-state index in [1.165, 1.54) is 9.75 Å². The van der Waals surface area contributed by atoms with Crippen LogP contribution in [0.4, 0.5) is 11.4 Å². The van der Waals surface area contributed by atoms with E-state index in [9.17, 15) is 0 Å². The second-order valence-electron chi connectivity index (χ2n) is 5.33. The van der Waals surface area contributed by atoms with Gasteiger partial charge in [-0.25, -0.2) is 9.98 Å². The molecule has 0 aliphatic carbocycles. The molecule has 0 saturated heterocycles. The molecule has 0 aliphatic rings. The number of thiophene rings is 1. The molecule has 2 aromatic carbocycles. The van der Waals surface area contributed by atoms with Gasteiger partial charge in [0.2, 0.25) is 0 Å². The number of guanidine groups is 2. The minimum Gasteiger partial charge on any atom is -0.370 e. The fraction of sp³-hybridized carbons (Fsp3) is 0. The zero-order chi connectivity index (χ0) is 17.8. The molecular formula is C18H20Cl2N6S. The summed E-state index contributed by atoms with van der Waals surface area (Å²) in [6, 6.07) is 19.7. The summed E-state index contributed by atoms with van der Waals surface area (Å²) < 4.78 is 0. The lowest BCUT2D eigenvalue weighted by Crippen LogP contribution is -2.21. The number of benzene rings is 2. The molecule has 1 heterocycles. The molecule has 0 radical (unpaired) electrons. The van der Waals surface area contributed by atoms with Crippen molar-refractivity contribution >= 4 is 59.4 Å². The van der Waals surface area contributed by atoms with Crippen LogP contribution in [0.2, 0.25) is 0 Å². The van der Waals surface area contributed by atoms with Crippen molar-refractivity contribution in [3.05, 3.63) is 60.7 Å². The van der Waals surface area contributed by atoms with E-state index in [0.717, 1.165) is 22.5 Å². The van der Waals surface area contributed by atoms with Crippen LogP contribution in [0.25, 0.3) is 20.9 Å². The van der Waals surface area contributed by atoms with E-state index in [1.54, 1.807) is 11.3 Å². The van der Waals surface area contributed by atoms with Gasteiger partial charge in [-0.1, -0.05) is 24.3 Å². The van der Waals surface area contributed by atoms with Gasteiger partial charge in [-0.15, -0.1) is 36.2 Å². The lowest BCUT2D eigenvalue weighted by molar-refractivity contribution is 1.42. The maximum Gasteiger partial charge on any atom is 0.191 e. The van der Waals surface area contributed by atoms with Gasteiger partial charge in [-0.2, -0.15) is 0 Å². The van der Waals surface area contributed by atoms with E-state index >= 15 is 0 Å². The summed E-state index contributed by atoms with van der Waals surface area (Å²) in [7, 11) is 0. The zero-order valence-corrected chi connectivity index (χ0v) is 16.7. The first kappa shape index (κ1) is 22.3. The second kappa shape index (κ2) is 9.82. The SMILES string of the molecule is Cl.Cl.NC(N)=Nc1ccc(-c2ccc(-c3ccc(N=C(N)N)cc3)s2)cc1. The number of nitrogens with two attached hydrogens (primary N) is 4. The van der Waals surface area contributed by atoms with Crippen LogP contribution < -0.4 is 22.9 Å². The molecule has 0 spiro atoms. The van der Waals surface area contributed by atoms with Crippen molar-refractivity contribution in [3.63, 3.8) is 0 Å². The van der Waals surface area contributed by atoms with Crippen molar-refractivity contribution < 1.29 is 0 Å². The average Bonchev–Trinajstić information content (AvgIpc) is 3.05. The van der Waals surface area contributed by atoms with Gasteiger partial charge < -0.3 is 22.9 Å². The van der Waals surface area contributed by atoms with Crippen molar-refractivity contribution in [3.8, 4) is 20.9 Å². The molecule has 0 atom stereocenters. The molecular weight excluding hydrogens is 403 g/mol. The largest absolute Gasteiger partial charge is 0.370 e. The Labute approximate surface area is 173 Å². The van der Waals surface area contributed by atoms with E-state index in [4.69, 9.17) is 22.9 Å². The molecule has 0 saturated carbocycles. The summed E-state index contributed by atoms with van der Waals surface area (Å²) in [5.74, 6) is 0.102. The Balaban J connectivity index is 0.00000182. The Hall–Kier alpha value is -2.74. The van der Waals surface area contributed by atoms with Gasteiger partial charge in [0.1, 0.15) is 0 Å². The molecule has 0 bridgehead atoms. The minimum absolute atomic E-state index is 0. The van der Waals surface area contributed by atoms with Gasteiger partial charge in [0.25, 0.3) is 0 Å². The first-order valence-electron chi connectivity index (χ1n) is 7.51. The van der Waals surface area contributed by atoms with E-state index in [-0.39, 0.29) is 36.7 Å². The molecule has 0 amide bonds. The van der Waals surface area contributed by atoms with Crippen LogP contribution >= 0.6 is 36.2 Å². The summed E-state index contributed by atoms with van der Waals surface area (Å²) in [4.78, 5) is 10.4. The average molecular weight is 423 g/mol. The monoisotopic (exact) mass is 422 g/mol. The molecule has 0 fully saturated rings. The molecule has 8 N–H and O–H groups in total. The first-order valence-corrected chi connectivity index (χ1v) is 8.33. The number of nitrogens with zero attached hydrogens (tertiary/aromatic N) is 2. The number of hydrogen-bond acceptors (Lipinski definition) is 3. The predicted molar refractivity (Wildman–Crippen MR) is 121 cm³/mol. The highest BCUT2D eigenvalue weighted by molar-refractivity contribution is 7.18. The van der Waals surface area contributed by atoms with Crippen LogP contribution in [-0.2, 0) is 0 Å². The number of rotatable bonds is 4. The van der Waals surface area contributed by atoms with E-state index in [2.05, 4.69) is 22.1 Å². The van der Waals surface area contributed by atoms with Crippen molar-refractivity contribution in [1.29, 1.82) is 0 Å². The molecule has 6 nitrogen and oxygen atoms in total. The van der Waals surface area contributed by atoms with E-state index < -0.39 is 0 Å². The number of halogens is 2. The van der Waals surface area contributed by atoms with Crippen LogP contribution in [0.3, 0.4) is 0 Å². The maximum atomic E-state index is 5.39. The standard InChI is InChI=1S/C18H18N6S.2ClH/c19-17(20)23-13-5-1-11(2-6-13)15-9-10-16(25-15)12-3-7-14(8-4-12)24-18(21)22;;/h1-10H,(H4,19,20,23)(H4,21,22,24);2*1H. The van der Waals surface area contributed by atoms with Gasteiger partial charge >= 0.3 is 0 Å². The molecule has 142 valence electrons. The lowest BCUT2D eigenvalue weighted by atomic mass is 10.1. The van der Waals surface area contributed by atoms with Gasteiger partial charge in [0.05, 0.1) is 11.4 Å². The zero-order valence-electron chi connectivity index (χ0n) is 14.2. The Bertz CT molecular complexity index is 849. The maximum absolute atomic E-state index is 5.39. The Morgan fingerprint density at radius 1 is 0.556 bits per heavy atom. The van der Waals surface area contributed by atoms with E-state index in [0.29, 0.717) is 0 Å². The van der Waals surface area contributed by atoms with Crippen molar-refractivity contribution in [2.24, 2.45) is 32.9 Å². The fourth-order valence-corrected chi connectivity index (χ4v) is 3.36. The second-order valence-corrected chi connectivity index (χ2v) is 6.41. The molecule has 3 aromatic rings. The molecule has 9 heteroatoms. The van der Waals surface area contributed by atoms with Crippen molar-refractivity contribution in [2.45, 2.75) is 0 Å². The van der Waals surface area contributed by atoms with Crippen LogP contribution in [0.1, 0.15) is 0 Å². The Morgan fingerprint density at radius 3 is 1.19 bits per heavy atom. The van der Waals surface area contributed by atoms with Crippen LogP contribution in [-0.4, -0.2) is 11.9 Å². The highest BCUT2D eigenvalue weighted by Crippen LogP contribution is 2.35. The van der Waals surface area contributed by atoms with Crippen LogP contribution in [0, 0.1) is 0 Å². The third kappa shape index (κ3) is 5.89. The molecule has 3 rings (SSSR count). The summed E-state index contributed by atoms with van der Waals surface area (Å²) in [5, 5.41) is 0. The molecule has 0 unspecified atom stereocenters. The normalized spacial score (nSPS) is 9.48. The Morgan fingerprint density at radius 2 is 0.889 bits per heavy atom.